The maximum Gasteiger partial charge on any atom is 0.152 e. The predicted molar refractivity (Wildman–Crippen MR) is 148 cm³/mol. The fourth-order valence-electron chi connectivity index (χ4n) is 4.40. The second kappa shape index (κ2) is 8.85. The molecular weight excluding hydrogens is 456 g/mol. The molecule has 0 aromatic heterocycles. The third-order valence-corrected chi connectivity index (χ3v) is 8.87. The van der Waals surface area contributed by atoms with E-state index >= 15 is 0 Å². The maximum absolute atomic E-state index is 3.65. The average Bonchev–Trinajstić information content (AvgIpc) is 3.36. The number of fused-ring (bicyclic) bond motifs is 2. The zero-order chi connectivity index (χ0) is 23.1. The van der Waals surface area contributed by atoms with Crippen LogP contribution in [0.2, 0.25) is 0 Å². The number of hydrogen-bond acceptors (Lipinski definition) is 6. The molecule has 4 aromatic rings. The Morgan fingerprint density at radius 3 is 1.29 bits per heavy atom. The molecule has 2 unspecified atom stereocenters. The lowest BCUT2D eigenvalue weighted by Gasteiger charge is -2.24. The summed E-state index contributed by atoms with van der Waals surface area (Å²) < 4.78 is 0. The van der Waals surface area contributed by atoms with Gasteiger partial charge in [0, 0.05) is 35.3 Å². The molecule has 0 saturated carbocycles. The van der Waals surface area contributed by atoms with Gasteiger partial charge >= 0.3 is 0 Å². The Hall–Kier alpha value is -3.22. The van der Waals surface area contributed by atoms with Gasteiger partial charge in [-0.25, -0.2) is 0 Å². The molecular formula is C28H26N4S2. The van der Waals surface area contributed by atoms with E-state index in [-0.39, 0.29) is 11.0 Å². The van der Waals surface area contributed by atoms with Crippen LogP contribution in [-0.2, 0) is 0 Å². The van der Waals surface area contributed by atoms with Crippen LogP contribution in [-0.4, -0.2) is 25.1 Å². The van der Waals surface area contributed by atoms with E-state index < -0.39 is 0 Å². The van der Waals surface area contributed by atoms with Crippen LogP contribution in [0.1, 0.15) is 0 Å². The van der Waals surface area contributed by atoms with Gasteiger partial charge in [-0.3, -0.25) is 0 Å². The van der Waals surface area contributed by atoms with Gasteiger partial charge in [-0.05, 0) is 59.7 Å². The summed E-state index contributed by atoms with van der Waals surface area (Å²) in [5, 5.41) is 7.30. The summed E-state index contributed by atoms with van der Waals surface area (Å²) in [6.07, 6.45) is 0. The van der Waals surface area contributed by atoms with Crippen molar-refractivity contribution in [1.29, 1.82) is 0 Å². The Kier molecular flexibility index (Phi) is 5.55. The minimum absolute atomic E-state index is 0.200. The van der Waals surface area contributed by atoms with Crippen molar-refractivity contribution in [3.05, 3.63) is 97.1 Å². The van der Waals surface area contributed by atoms with Gasteiger partial charge < -0.3 is 20.4 Å². The summed E-state index contributed by atoms with van der Waals surface area (Å²) in [4.78, 5) is 7.22. The number of para-hydroxylation sites is 2. The topological polar surface area (TPSA) is 30.5 Å². The molecule has 0 fully saturated rings. The van der Waals surface area contributed by atoms with Crippen molar-refractivity contribution < 1.29 is 0 Å². The van der Waals surface area contributed by atoms with Crippen LogP contribution in [0.25, 0.3) is 11.1 Å². The first-order valence-corrected chi connectivity index (χ1v) is 13.1. The Bertz CT molecular complexity index is 1200. The molecule has 2 heterocycles. The molecule has 2 aliphatic rings. The van der Waals surface area contributed by atoms with Gasteiger partial charge in [0.15, 0.2) is 11.0 Å². The zero-order valence-electron chi connectivity index (χ0n) is 19.1. The highest BCUT2D eigenvalue weighted by atomic mass is 32.2. The van der Waals surface area contributed by atoms with Crippen molar-refractivity contribution in [2.24, 2.45) is 0 Å². The molecule has 34 heavy (non-hydrogen) atoms. The second-order valence-corrected chi connectivity index (χ2v) is 10.8. The molecule has 6 rings (SSSR count). The standard InChI is InChI=1S/C28H26N4S2/c1-31-23-7-3-5-9-25(23)33-27(31)29-21-15-11-19(12-16-21)20-13-17-22(18-14-20)30-28-32(2)24-8-4-6-10-26(24)34-28/h3-18,27-30H,1-2H3. The molecule has 2 atom stereocenters. The van der Waals surface area contributed by atoms with Crippen LogP contribution in [0.4, 0.5) is 22.7 Å². The van der Waals surface area contributed by atoms with E-state index in [0.717, 1.165) is 11.4 Å². The number of anilines is 4. The quantitative estimate of drug-likeness (QED) is 0.312. The van der Waals surface area contributed by atoms with E-state index in [0.29, 0.717) is 0 Å². The van der Waals surface area contributed by atoms with Crippen molar-refractivity contribution in [2.75, 3.05) is 34.5 Å². The Morgan fingerprint density at radius 2 is 0.912 bits per heavy atom. The lowest BCUT2D eigenvalue weighted by molar-refractivity contribution is 0.935. The van der Waals surface area contributed by atoms with Crippen LogP contribution in [0.5, 0.6) is 0 Å². The number of nitrogens with one attached hydrogen (secondary N) is 2. The van der Waals surface area contributed by atoms with E-state index in [1.54, 1.807) is 0 Å². The highest BCUT2D eigenvalue weighted by Gasteiger charge is 2.27. The summed E-state index contributed by atoms with van der Waals surface area (Å²) in [5.74, 6) is 0. The smallest absolute Gasteiger partial charge is 0.152 e. The minimum atomic E-state index is 0.200. The van der Waals surface area contributed by atoms with E-state index in [1.807, 2.05) is 23.5 Å². The molecule has 0 spiro atoms. The Balaban J connectivity index is 1.10. The van der Waals surface area contributed by atoms with E-state index in [1.165, 1.54) is 32.3 Å². The molecule has 170 valence electrons. The van der Waals surface area contributed by atoms with Gasteiger partial charge in [0.25, 0.3) is 0 Å². The average molecular weight is 483 g/mol. The van der Waals surface area contributed by atoms with Crippen molar-refractivity contribution in [3.63, 3.8) is 0 Å². The van der Waals surface area contributed by atoms with E-state index in [9.17, 15) is 0 Å². The highest BCUT2D eigenvalue weighted by molar-refractivity contribution is 8.00. The van der Waals surface area contributed by atoms with Gasteiger partial charge in [0.1, 0.15) is 0 Å². The molecule has 2 aliphatic heterocycles. The molecule has 0 saturated heterocycles. The normalized spacial score (nSPS) is 18.5. The largest absolute Gasteiger partial charge is 0.356 e. The zero-order valence-corrected chi connectivity index (χ0v) is 20.7. The second-order valence-electron chi connectivity index (χ2n) is 8.54. The first-order chi connectivity index (χ1) is 16.7. The van der Waals surface area contributed by atoms with Crippen LogP contribution < -0.4 is 20.4 Å². The number of rotatable bonds is 5. The summed E-state index contributed by atoms with van der Waals surface area (Å²) >= 11 is 3.71. The van der Waals surface area contributed by atoms with E-state index in [4.69, 9.17) is 0 Å². The predicted octanol–water partition coefficient (Wildman–Crippen LogP) is 7.23. The molecule has 0 bridgehead atoms. The number of nitrogens with zero attached hydrogens (tertiary/aromatic N) is 2. The Morgan fingerprint density at radius 1 is 0.529 bits per heavy atom. The van der Waals surface area contributed by atoms with Crippen LogP contribution >= 0.6 is 23.5 Å². The number of hydrogen-bond donors (Lipinski definition) is 2. The number of benzene rings is 4. The first kappa shape index (κ1) is 21.3. The van der Waals surface area contributed by atoms with Gasteiger partial charge in [-0.2, -0.15) is 0 Å². The van der Waals surface area contributed by atoms with Crippen LogP contribution in [0.3, 0.4) is 0 Å². The third-order valence-electron chi connectivity index (χ3n) is 6.35. The fourth-order valence-corrected chi connectivity index (χ4v) is 6.80. The lowest BCUT2D eigenvalue weighted by atomic mass is 10.1. The minimum Gasteiger partial charge on any atom is -0.356 e. The first-order valence-electron chi connectivity index (χ1n) is 11.4. The third kappa shape index (κ3) is 3.97. The SMILES string of the molecule is CN1c2ccccc2SC1Nc1ccc(-c2ccc(NC3Sc4ccccc4N3C)cc2)cc1. The van der Waals surface area contributed by atoms with E-state index in [2.05, 4.69) is 132 Å². The molecule has 4 aromatic carbocycles. The van der Waals surface area contributed by atoms with Gasteiger partial charge in [-0.1, -0.05) is 72.1 Å². The molecule has 0 aliphatic carbocycles. The van der Waals surface area contributed by atoms with Gasteiger partial charge in [-0.15, -0.1) is 0 Å². The van der Waals surface area contributed by atoms with Crippen LogP contribution in [0.15, 0.2) is 107 Å². The van der Waals surface area contributed by atoms with Crippen molar-refractivity contribution in [2.45, 2.75) is 20.8 Å². The summed E-state index contributed by atoms with van der Waals surface area (Å²) in [6.45, 7) is 0. The van der Waals surface area contributed by atoms with Gasteiger partial charge in [0.05, 0.1) is 11.4 Å². The van der Waals surface area contributed by atoms with Crippen molar-refractivity contribution in [3.8, 4) is 11.1 Å². The molecule has 6 heteroatoms. The molecule has 0 amide bonds. The highest BCUT2D eigenvalue weighted by Crippen LogP contribution is 2.43. The molecule has 4 nitrogen and oxygen atoms in total. The summed E-state index contributed by atoms with van der Waals surface area (Å²) in [7, 11) is 4.28. The van der Waals surface area contributed by atoms with Crippen LogP contribution in [0, 0.1) is 0 Å². The molecule has 2 N–H and O–H groups in total. The number of thioether (sulfide) groups is 2. The summed E-state index contributed by atoms with van der Waals surface area (Å²) in [6, 6.07) is 34.5. The fraction of sp³-hybridized carbons (Fsp3) is 0.143. The maximum atomic E-state index is 3.65. The van der Waals surface area contributed by atoms with Crippen molar-refractivity contribution >= 4 is 46.3 Å². The molecule has 0 radical (unpaired) electrons. The summed E-state index contributed by atoms with van der Waals surface area (Å²) in [5.41, 5.74) is 7.64. The Labute approximate surface area is 209 Å². The van der Waals surface area contributed by atoms with Crippen molar-refractivity contribution in [1.82, 2.24) is 0 Å². The van der Waals surface area contributed by atoms with Gasteiger partial charge in [0.2, 0.25) is 0 Å². The monoisotopic (exact) mass is 482 g/mol. The lowest BCUT2D eigenvalue weighted by Crippen LogP contribution is -2.31.